The first kappa shape index (κ1) is 15.0. The number of aliphatic imine (C=N–C) groups is 1. The summed E-state index contributed by atoms with van der Waals surface area (Å²) in [4.78, 5) is 12.7. The Hall–Kier alpha value is -2.38. The Bertz CT molecular complexity index is 603. The number of guanidine groups is 1. The molecule has 0 spiro atoms. The van der Waals surface area contributed by atoms with E-state index in [1.807, 2.05) is 7.05 Å². The molecule has 8 nitrogen and oxygen atoms in total. The number of nitrogens with two attached hydrogens (primary N) is 1. The fourth-order valence-electron chi connectivity index (χ4n) is 1.89. The second-order valence-electron chi connectivity index (χ2n) is 4.70. The van der Waals surface area contributed by atoms with E-state index in [2.05, 4.69) is 37.6 Å². The second kappa shape index (κ2) is 7.41. The maximum Gasteiger partial charge on any atom is 0.188 e. The minimum atomic E-state index is 0.486. The Labute approximate surface area is 123 Å². The molecule has 0 aromatic carbocycles. The lowest BCUT2D eigenvalue weighted by Crippen LogP contribution is -2.35. The van der Waals surface area contributed by atoms with Gasteiger partial charge in [0.2, 0.25) is 0 Å². The van der Waals surface area contributed by atoms with Crippen LogP contribution in [0.25, 0.3) is 11.0 Å². The highest BCUT2D eigenvalue weighted by Crippen LogP contribution is 2.16. The van der Waals surface area contributed by atoms with Crippen LogP contribution in [0, 0.1) is 0 Å². The van der Waals surface area contributed by atoms with Crippen LogP contribution in [-0.2, 0) is 7.05 Å². The molecule has 0 radical (unpaired) electrons. The van der Waals surface area contributed by atoms with E-state index in [4.69, 9.17) is 5.73 Å². The third-order valence-electron chi connectivity index (χ3n) is 3.05. The molecule has 0 fully saturated rings. The van der Waals surface area contributed by atoms with Gasteiger partial charge < -0.3 is 16.4 Å². The third-order valence-corrected chi connectivity index (χ3v) is 3.05. The zero-order valence-electron chi connectivity index (χ0n) is 12.5. The van der Waals surface area contributed by atoms with Crippen molar-refractivity contribution in [2.75, 3.05) is 25.0 Å². The number of hydrogen-bond acceptors (Lipinski definition) is 5. The molecule has 21 heavy (non-hydrogen) atoms. The zero-order valence-corrected chi connectivity index (χ0v) is 12.5. The quantitative estimate of drug-likeness (QED) is 0.389. The molecule has 0 atom stereocenters. The minimum Gasteiger partial charge on any atom is -0.370 e. The lowest BCUT2D eigenvalue weighted by atomic mass is 10.3. The summed E-state index contributed by atoms with van der Waals surface area (Å²) in [6.45, 7) is 4.26. The number of nitrogens with one attached hydrogen (secondary N) is 2. The maximum absolute atomic E-state index is 5.76. The van der Waals surface area contributed by atoms with Crippen LogP contribution in [0.15, 0.2) is 17.5 Å². The van der Waals surface area contributed by atoms with Crippen LogP contribution < -0.4 is 16.4 Å². The Morgan fingerprint density at radius 2 is 2.24 bits per heavy atom. The van der Waals surface area contributed by atoms with Crippen LogP contribution in [0.3, 0.4) is 0 Å². The molecular weight excluding hydrogens is 268 g/mol. The van der Waals surface area contributed by atoms with Gasteiger partial charge in [0, 0.05) is 26.7 Å². The summed E-state index contributed by atoms with van der Waals surface area (Å²) in [7, 11) is 1.86. The first-order chi connectivity index (χ1) is 10.2. The van der Waals surface area contributed by atoms with Gasteiger partial charge in [-0.2, -0.15) is 5.10 Å². The average molecular weight is 290 g/mol. The molecule has 2 aromatic heterocycles. The molecule has 4 N–H and O–H groups in total. The molecule has 0 saturated heterocycles. The predicted octanol–water partition coefficient (Wildman–Crippen LogP) is 0.480. The van der Waals surface area contributed by atoms with Gasteiger partial charge in [-0.3, -0.25) is 9.67 Å². The van der Waals surface area contributed by atoms with Crippen molar-refractivity contribution in [1.29, 1.82) is 0 Å². The van der Waals surface area contributed by atoms with E-state index in [1.54, 1.807) is 10.9 Å². The van der Waals surface area contributed by atoms with Crippen molar-refractivity contribution >= 4 is 22.8 Å². The molecule has 0 aliphatic heterocycles. The van der Waals surface area contributed by atoms with E-state index >= 15 is 0 Å². The van der Waals surface area contributed by atoms with Crippen molar-refractivity contribution in [3.8, 4) is 0 Å². The third kappa shape index (κ3) is 4.04. The highest BCUT2D eigenvalue weighted by Gasteiger charge is 2.06. The van der Waals surface area contributed by atoms with Gasteiger partial charge in [-0.05, 0) is 6.42 Å². The van der Waals surface area contributed by atoms with Crippen molar-refractivity contribution in [1.82, 2.24) is 25.1 Å². The first-order valence-corrected chi connectivity index (χ1v) is 7.12. The standard InChI is InChI=1S/C13H22N8/c1-3-4-5-16-13(14)17-7-6-15-11-10-8-20-21(2)12(10)19-9-18-11/h8-9H,3-7H2,1-2H3,(H3,14,16,17)(H,15,18,19). The fourth-order valence-corrected chi connectivity index (χ4v) is 1.89. The Morgan fingerprint density at radius 3 is 3.05 bits per heavy atom. The predicted molar refractivity (Wildman–Crippen MR) is 84.2 cm³/mol. The molecule has 0 aliphatic rings. The van der Waals surface area contributed by atoms with E-state index in [1.165, 1.54) is 6.33 Å². The van der Waals surface area contributed by atoms with Gasteiger partial charge in [-0.1, -0.05) is 13.3 Å². The lowest BCUT2D eigenvalue weighted by molar-refractivity contribution is 0.785. The normalized spacial score (nSPS) is 11.8. The Morgan fingerprint density at radius 1 is 1.38 bits per heavy atom. The topological polar surface area (TPSA) is 106 Å². The van der Waals surface area contributed by atoms with Gasteiger partial charge in [-0.15, -0.1) is 0 Å². The monoisotopic (exact) mass is 290 g/mol. The summed E-state index contributed by atoms with van der Waals surface area (Å²) in [5.41, 5.74) is 6.57. The van der Waals surface area contributed by atoms with Crippen LogP contribution in [-0.4, -0.2) is 45.3 Å². The van der Waals surface area contributed by atoms with E-state index in [-0.39, 0.29) is 0 Å². The minimum absolute atomic E-state index is 0.486. The zero-order chi connectivity index (χ0) is 15.1. The van der Waals surface area contributed by atoms with Gasteiger partial charge in [0.15, 0.2) is 11.6 Å². The SMILES string of the molecule is CCCCN=C(N)NCCNc1ncnc2c1cnn2C. The molecule has 2 aromatic rings. The van der Waals surface area contributed by atoms with Crippen LogP contribution in [0.5, 0.6) is 0 Å². The number of anilines is 1. The van der Waals surface area contributed by atoms with Gasteiger partial charge in [0.1, 0.15) is 12.1 Å². The molecule has 2 heterocycles. The molecule has 0 aliphatic carbocycles. The van der Waals surface area contributed by atoms with E-state index in [0.29, 0.717) is 19.0 Å². The van der Waals surface area contributed by atoms with Crippen molar-refractivity contribution in [2.24, 2.45) is 17.8 Å². The van der Waals surface area contributed by atoms with Gasteiger partial charge in [0.05, 0.1) is 11.6 Å². The molecule has 0 unspecified atom stereocenters. The fraction of sp³-hybridized carbons (Fsp3) is 0.538. The molecule has 0 amide bonds. The average Bonchev–Trinajstić information content (AvgIpc) is 2.86. The van der Waals surface area contributed by atoms with E-state index in [9.17, 15) is 0 Å². The number of hydrogen-bond donors (Lipinski definition) is 3. The van der Waals surface area contributed by atoms with Crippen LogP contribution >= 0.6 is 0 Å². The maximum atomic E-state index is 5.76. The number of aryl methyl sites for hydroxylation is 1. The molecule has 0 bridgehead atoms. The number of rotatable bonds is 7. The summed E-state index contributed by atoms with van der Waals surface area (Å²) in [5, 5.41) is 11.4. The van der Waals surface area contributed by atoms with Crippen molar-refractivity contribution < 1.29 is 0 Å². The summed E-state index contributed by atoms with van der Waals surface area (Å²) in [6, 6.07) is 0. The highest BCUT2D eigenvalue weighted by atomic mass is 15.3. The summed E-state index contributed by atoms with van der Waals surface area (Å²) in [6.07, 6.45) is 5.46. The number of unbranched alkanes of at least 4 members (excludes halogenated alkanes) is 1. The largest absolute Gasteiger partial charge is 0.370 e. The van der Waals surface area contributed by atoms with Crippen LogP contribution in [0.2, 0.25) is 0 Å². The molecule has 2 rings (SSSR count). The van der Waals surface area contributed by atoms with Gasteiger partial charge >= 0.3 is 0 Å². The second-order valence-corrected chi connectivity index (χ2v) is 4.70. The lowest BCUT2D eigenvalue weighted by Gasteiger charge is -2.08. The number of aromatic nitrogens is 4. The van der Waals surface area contributed by atoms with E-state index in [0.717, 1.165) is 36.2 Å². The smallest absolute Gasteiger partial charge is 0.188 e. The van der Waals surface area contributed by atoms with Crippen molar-refractivity contribution in [3.63, 3.8) is 0 Å². The highest BCUT2D eigenvalue weighted by molar-refractivity contribution is 5.86. The van der Waals surface area contributed by atoms with E-state index < -0.39 is 0 Å². The molecule has 8 heteroatoms. The van der Waals surface area contributed by atoms with Crippen LogP contribution in [0.1, 0.15) is 19.8 Å². The molecule has 114 valence electrons. The summed E-state index contributed by atoms with van der Waals surface area (Å²) >= 11 is 0. The van der Waals surface area contributed by atoms with Crippen molar-refractivity contribution in [2.45, 2.75) is 19.8 Å². The first-order valence-electron chi connectivity index (χ1n) is 7.12. The van der Waals surface area contributed by atoms with Gasteiger partial charge in [0.25, 0.3) is 0 Å². The van der Waals surface area contributed by atoms with Crippen molar-refractivity contribution in [3.05, 3.63) is 12.5 Å². The summed E-state index contributed by atoms with van der Waals surface area (Å²) < 4.78 is 1.72. The summed E-state index contributed by atoms with van der Waals surface area (Å²) in [5.74, 6) is 1.26. The Balaban J connectivity index is 1.81. The van der Waals surface area contributed by atoms with Gasteiger partial charge in [-0.25, -0.2) is 9.97 Å². The van der Waals surface area contributed by atoms with Crippen LogP contribution in [0.4, 0.5) is 5.82 Å². The Kier molecular flexibility index (Phi) is 5.30. The molecule has 0 saturated carbocycles. The molecular formula is C13H22N8. The number of nitrogens with zero attached hydrogens (tertiary/aromatic N) is 5. The number of fused-ring (bicyclic) bond motifs is 1.